The first-order valence-electron chi connectivity index (χ1n) is 7.36. The quantitative estimate of drug-likeness (QED) is 0.869. The maximum absolute atomic E-state index is 4.07. The molecule has 0 spiro atoms. The van der Waals surface area contributed by atoms with Gasteiger partial charge in [-0.15, -0.1) is 0 Å². The standard InChI is InChI=1S/C17H21N3/c1-2-14(12-19-16-5-6-16)11-15-3-7-17(8-4-15)20-10-9-18-13-20/h3-4,7-11,13,16,19H,2,5-6,12H2,1H3. The van der Waals surface area contributed by atoms with Crippen LogP contribution in [-0.4, -0.2) is 22.1 Å². The van der Waals surface area contributed by atoms with E-state index in [1.807, 2.05) is 17.1 Å². The molecular formula is C17H21N3. The van der Waals surface area contributed by atoms with Crippen LogP contribution in [0.3, 0.4) is 0 Å². The molecule has 1 heterocycles. The molecule has 0 aliphatic heterocycles. The molecule has 1 aliphatic rings. The van der Waals surface area contributed by atoms with E-state index in [1.54, 1.807) is 6.20 Å². The first-order chi connectivity index (χ1) is 9.85. The van der Waals surface area contributed by atoms with Gasteiger partial charge < -0.3 is 9.88 Å². The predicted molar refractivity (Wildman–Crippen MR) is 82.9 cm³/mol. The third-order valence-corrected chi connectivity index (χ3v) is 3.72. The molecule has 0 unspecified atom stereocenters. The van der Waals surface area contributed by atoms with E-state index in [2.05, 4.69) is 47.6 Å². The van der Waals surface area contributed by atoms with Gasteiger partial charge in [-0.25, -0.2) is 4.98 Å². The Kier molecular flexibility index (Phi) is 3.97. The third-order valence-electron chi connectivity index (χ3n) is 3.72. The minimum atomic E-state index is 0.772. The monoisotopic (exact) mass is 267 g/mol. The molecule has 0 amide bonds. The summed E-state index contributed by atoms with van der Waals surface area (Å²) < 4.78 is 2.02. The van der Waals surface area contributed by atoms with Crippen molar-refractivity contribution in [2.24, 2.45) is 0 Å². The van der Waals surface area contributed by atoms with E-state index in [1.165, 1.54) is 24.0 Å². The molecule has 1 aliphatic carbocycles. The second-order valence-corrected chi connectivity index (χ2v) is 5.37. The van der Waals surface area contributed by atoms with Crippen LogP contribution in [0.2, 0.25) is 0 Å². The van der Waals surface area contributed by atoms with Crippen LogP contribution in [0.25, 0.3) is 11.8 Å². The first-order valence-corrected chi connectivity index (χ1v) is 7.36. The molecule has 20 heavy (non-hydrogen) atoms. The topological polar surface area (TPSA) is 29.9 Å². The van der Waals surface area contributed by atoms with Crippen molar-refractivity contribution in [1.82, 2.24) is 14.9 Å². The van der Waals surface area contributed by atoms with Crippen molar-refractivity contribution >= 4 is 6.08 Å². The summed E-state index contributed by atoms with van der Waals surface area (Å²) in [7, 11) is 0. The van der Waals surface area contributed by atoms with Crippen LogP contribution in [0.4, 0.5) is 0 Å². The summed E-state index contributed by atoms with van der Waals surface area (Å²) in [5, 5.41) is 3.58. The summed E-state index contributed by atoms with van der Waals surface area (Å²) in [6.45, 7) is 3.24. The van der Waals surface area contributed by atoms with E-state index < -0.39 is 0 Å². The molecule has 1 aromatic carbocycles. The summed E-state index contributed by atoms with van der Waals surface area (Å²) in [5.41, 5.74) is 3.88. The molecule has 0 radical (unpaired) electrons. The Balaban J connectivity index is 1.69. The molecule has 1 N–H and O–H groups in total. The summed E-state index contributed by atoms with van der Waals surface area (Å²) in [6, 6.07) is 9.38. The maximum atomic E-state index is 4.07. The van der Waals surface area contributed by atoms with Crippen molar-refractivity contribution in [2.75, 3.05) is 6.54 Å². The van der Waals surface area contributed by atoms with Gasteiger partial charge in [0.1, 0.15) is 0 Å². The van der Waals surface area contributed by atoms with E-state index in [4.69, 9.17) is 0 Å². The van der Waals surface area contributed by atoms with Crippen molar-refractivity contribution < 1.29 is 0 Å². The average Bonchev–Trinajstić information content (AvgIpc) is 3.16. The molecule has 1 saturated carbocycles. The molecule has 3 nitrogen and oxygen atoms in total. The number of hydrogen-bond donors (Lipinski definition) is 1. The minimum Gasteiger partial charge on any atom is -0.310 e. The van der Waals surface area contributed by atoms with Crippen molar-refractivity contribution in [3.8, 4) is 5.69 Å². The molecule has 2 aromatic rings. The minimum absolute atomic E-state index is 0.772. The molecule has 104 valence electrons. The second-order valence-electron chi connectivity index (χ2n) is 5.37. The summed E-state index contributed by atoms with van der Waals surface area (Å²) in [6.07, 6.45) is 11.7. The molecule has 3 heteroatoms. The summed E-state index contributed by atoms with van der Waals surface area (Å²) in [4.78, 5) is 4.07. The largest absolute Gasteiger partial charge is 0.310 e. The van der Waals surface area contributed by atoms with Crippen LogP contribution in [-0.2, 0) is 0 Å². The second kappa shape index (κ2) is 6.06. The van der Waals surface area contributed by atoms with Crippen molar-refractivity contribution in [1.29, 1.82) is 0 Å². The number of nitrogens with zero attached hydrogens (tertiary/aromatic N) is 2. The Hall–Kier alpha value is -1.87. The fourth-order valence-electron chi connectivity index (χ4n) is 2.23. The molecule has 3 rings (SSSR count). The lowest BCUT2D eigenvalue weighted by Gasteiger charge is -2.07. The molecule has 0 atom stereocenters. The van der Waals surface area contributed by atoms with E-state index >= 15 is 0 Å². The molecule has 0 saturated heterocycles. The third kappa shape index (κ3) is 3.36. The molecule has 1 aromatic heterocycles. The number of benzene rings is 1. The first kappa shape index (κ1) is 13.1. The Morgan fingerprint density at radius 2 is 2.15 bits per heavy atom. The highest BCUT2D eigenvalue weighted by Crippen LogP contribution is 2.20. The van der Waals surface area contributed by atoms with Crippen molar-refractivity contribution in [2.45, 2.75) is 32.2 Å². The zero-order valence-corrected chi connectivity index (χ0v) is 11.9. The van der Waals surface area contributed by atoms with Gasteiger partial charge >= 0.3 is 0 Å². The zero-order chi connectivity index (χ0) is 13.8. The van der Waals surface area contributed by atoms with Gasteiger partial charge in [-0.05, 0) is 37.0 Å². The normalized spacial score (nSPS) is 15.6. The predicted octanol–water partition coefficient (Wildman–Crippen LogP) is 3.42. The Bertz CT molecular complexity index is 563. The van der Waals surface area contributed by atoms with Gasteiger partial charge in [0.05, 0.1) is 6.33 Å². The lowest BCUT2D eigenvalue weighted by atomic mass is 10.1. The zero-order valence-electron chi connectivity index (χ0n) is 11.9. The van der Waals surface area contributed by atoms with Gasteiger partial charge in [-0.3, -0.25) is 0 Å². The van der Waals surface area contributed by atoms with Gasteiger partial charge in [0.15, 0.2) is 0 Å². The van der Waals surface area contributed by atoms with E-state index in [0.717, 1.165) is 24.7 Å². The van der Waals surface area contributed by atoms with Crippen LogP contribution in [0.5, 0.6) is 0 Å². The van der Waals surface area contributed by atoms with Gasteiger partial charge in [0, 0.05) is 30.7 Å². The summed E-state index contributed by atoms with van der Waals surface area (Å²) >= 11 is 0. The lowest BCUT2D eigenvalue weighted by Crippen LogP contribution is -2.18. The summed E-state index contributed by atoms with van der Waals surface area (Å²) in [5.74, 6) is 0. The fourth-order valence-corrected chi connectivity index (χ4v) is 2.23. The van der Waals surface area contributed by atoms with Crippen LogP contribution >= 0.6 is 0 Å². The van der Waals surface area contributed by atoms with Crippen LogP contribution < -0.4 is 5.32 Å². The van der Waals surface area contributed by atoms with Crippen LogP contribution in [0, 0.1) is 0 Å². The van der Waals surface area contributed by atoms with Crippen molar-refractivity contribution in [3.05, 3.63) is 54.1 Å². The van der Waals surface area contributed by atoms with E-state index in [9.17, 15) is 0 Å². The van der Waals surface area contributed by atoms with E-state index in [0.29, 0.717) is 0 Å². The Morgan fingerprint density at radius 1 is 1.35 bits per heavy atom. The van der Waals surface area contributed by atoms with Crippen molar-refractivity contribution in [3.63, 3.8) is 0 Å². The number of rotatable bonds is 6. The smallest absolute Gasteiger partial charge is 0.0991 e. The van der Waals surface area contributed by atoms with Crippen LogP contribution in [0.15, 0.2) is 48.6 Å². The SMILES string of the molecule is CCC(=Cc1ccc(-n2ccnc2)cc1)CNC1CC1. The number of hydrogen-bond acceptors (Lipinski definition) is 2. The van der Waals surface area contributed by atoms with Gasteiger partial charge in [0.25, 0.3) is 0 Å². The lowest BCUT2D eigenvalue weighted by molar-refractivity contribution is 0.723. The number of imidazole rings is 1. The Morgan fingerprint density at radius 3 is 2.75 bits per heavy atom. The highest BCUT2D eigenvalue weighted by molar-refractivity contribution is 5.55. The van der Waals surface area contributed by atoms with Crippen LogP contribution in [0.1, 0.15) is 31.7 Å². The maximum Gasteiger partial charge on any atom is 0.0991 e. The number of aromatic nitrogens is 2. The highest BCUT2D eigenvalue weighted by atomic mass is 15.0. The Labute approximate surface area is 120 Å². The molecular weight excluding hydrogens is 246 g/mol. The van der Waals surface area contributed by atoms with E-state index in [-0.39, 0.29) is 0 Å². The van der Waals surface area contributed by atoms with Gasteiger partial charge in [0.2, 0.25) is 0 Å². The average molecular weight is 267 g/mol. The molecule has 1 fully saturated rings. The fraction of sp³-hybridized carbons (Fsp3) is 0.353. The number of nitrogens with one attached hydrogen (secondary N) is 1. The van der Waals surface area contributed by atoms with Gasteiger partial charge in [-0.2, -0.15) is 0 Å². The highest BCUT2D eigenvalue weighted by Gasteiger charge is 2.19. The molecule has 0 bridgehead atoms. The van der Waals surface area contributed by atoms with Gasteiger partial charge in [-0.1, -0.05) is 30.7 Å².